The fourth-order valence-electron chi connectivity index (χ4n) is 5.36. The minimum atomic E-state index is 0.0826. The molecule has 6 aromatic rings. The van der Waals surface area contributed by atoms with Gasteiger partial charge in [-0.05, 0) is 21.9 Å². The van der Waals surface area contributed by atoms with Crippen LogP contribution in [-0.2, 0) is 0 Å². The summed E-state index contributed by atoms with van der Waals surface area (Å²) in [6, 6.07) is 1.56. The highest BCUT2D eigenvalue weighted by Gasteiger charge is 2.24. The zero-order valence-corrected chi connectivity index (χ0v) is 20.5. The molecule has 0 spiro atoms. The lowest BCUT2D eigenvalue weighted by Crippen LogP contribution is -2.47. The van der Waals surface area contributed by atoms with Crippen molar-refractivity contribution in [1.29, 1.82) is 0 Å². The van der Waals surface area contributed by atoms with Crippen molar-refractivity contribution in [2.24, 2.45) is 0 Å². The van der Waals surface area contributed by atoms with Crippen molar-refractivity contribution in [2.75, 3.05) is 0 Å². The lowest BCUT2D eigenvalue weighted by molar-refractivity contribution is 0.674. The molecule has 2 nitrogen and oxygen atoms in total. The Morgan fingerprint density at radius 3 is 1.49 bits per heavy atom. The number of fused-ring (bicyclic) bond motifs is 6. The summed E-state index contributed by atoms with van der Waals surface area (Å²) in [5.41, 5.74) is 3.71. The van der Waals surface area contributed by atoms with E-state index in [1.807, 2.05) is 0 Å². The third-order valence-corrected chi connectivity index (χ3v) is 7.46. The van der Waals surface area contributed by atoms with Crippen molar-refractivity contribution in [2.45, 2.75) is 0 Å². The van der Waals surface area contributed by atoms with Gasteiger partial charge in [-0.15, -0.1) is 21.9 Å². The summed E-state index contributed by atoms with van der Waals surface area (Å²) in [4.78, 5) is 3.13. The first kappa shape index (κ1) is 26.5. The van der Waals surface area contributed by atoms with Crippen LogP contribution in [0.2, 0.25) is 0 Å². The van der Waals surface area contributed by atoms with E-state index in [4.69, 9.17) is 106 Å². The molecule has 0 atom stereocenters. The van der Waals surface area contributed by atoms with Crippen LogP contribution >= 0.6 is 0 Å². The molecule has 0 aliphatic rings. The molecular weight excluding hydrogens is 459 g/mol. The second-order valence-electron chi connectivity index (χ2n) is 9.49. The number of furan rings is 1. The van der Waals surface area contributed by atoms with E-state index in [0.717, 1.165) is 0 Å². The molecule has 0 aliphatic heterocycles. The van der Waals surface area contributed by atoms with Crippen LogP contribution < -0.4 is 71.0 Å². The third-order valence-electron chi connectivity index (χ3n) is 7.46. The first-order chi connectivity index (χ1) is 18.3. The summed E-state index contributed by atoms with van der Waals surface area (Å²) in [5, 5.41) is 1.56. The van der Waals surface area contributed by atoms with E-state index in [0.29, 0.717) is 43.7 Å². The van der Waals surface area contributed by atoms with Crippen LogP contribution in [-0.4, -0.2) is 107 Å². The fraction of sp³-hybridized carbons (Fsp3) is 0. The van der Waals surface area contributed by atoms with Crippen LogP contribution in [0.5, 0.6) is 0 Å². The van der Waals surface area contributed by atoms with E-state index in [1.54, 1.807) is 6.07 Å². The molecule has 2 aromatic heterocycles. The van der Waals surface area contributed by atoms with Gasteiger partial charge in [-0.3, -0.25) is 0 Å². The number of hydrogen-bond donors (Lipinski definition) is 1. The Kier molecular flexibility index (Phi) is 5.89. The van der Waals surface area contributed by atoms with Gasteiger partial charge in [0.05, 0.1) is 0 Å². The molecule has 0 aliphatic carbocycles. The van der Waals surface area contributed by atoms with Crippen LogP contribution in [0.15, 0.2) is 10.5 Å². The Hall–Kier alpha value is -2.68. The summed E-state index contributed by atoms with van der Waals surface area (Å²) in [6.07, 6.45) is 0. The van der Waals surface area contributed by atoms with Gasteiger partial charge in [0.1, 0.15) is 113 Å². The standard InChI is InChI=1S/C24H2B13NO/c25-3-1-2(9(26)7-8-13(30)15(32)17(34)20(37)24(8)39-23(3)7)4-10(27)5-6-12(29)14(31)16(33)19(36)22(6)38-21(5)18(35)11(4)28/h1,38H. The van der Waals surface area contributed by atoms with Crippen LogP contribution in [0.3, 0.4) is 0 Å². The summed E-state index contributed by atoms with van der Waals surface area (Å²) in [7, 11) is 82.4. The van der Waals surface area contributed by atoms with Gasteiger partial charge in [-0.25, -0.2) is 0 Å². The number of hydrogen-bond acceptors (Lipinski definition) is 1. The molecule has 39 heavy (non-hydrogen) atoms. The zero-order valence-electron chi connectivity index (χ0n) is 20.5. The van der Waals surface area contributed by atoms with Gasteiger partial charge < -0.3 is 9.40 Å². The highest BCUT2D eigenvalue weighted by molar-refractivity contribution is 6.70. The highest BCUT2D eigenvalue weighted by atomic mass is 16.3. The van der Waals surface area contributed by atoms with Gasteiger partial charge in [0, 0.05) is 21.8 Å². The third kappa shape index (κ3) is 3.28. The Morgan fingerprint density at radius 2 is 0.872 bits per heavy atom. The first-order valence-electron chi connectivity index (χ1n) is 11.5. The van der Waals surface area contributed by atoms with E-state index < -0.39 is 0 Å². The molecule has 26 radical (unpaired) electrons. The SMILES string of the molecule is [B]c1c([B])c([B])c2c([nH]c3c([B])c([B])c(-c4cc([B])c5oc6c([B])c([B])c([B])c([B])c6c5c4[B])c([B])c32)c1[B]. The average Bonchev–Trinajstić information content (AvgIpc) is 3.51. The van der Waals surface area contributed by atoms with Crippen molar-refractivity contribution >= 4 is 217 Å². The number of benzene rings is 4. The Bertz CT molecular complexity index is 2110. The van der Waals surface area contributed by atoms with Crippen LogP contribution in [0.1, 0.15) is 0 Å². The maximum atomic E-state index is 6.76. The quantitative estimate of drug-likeness (QED) is 0.243. The van der Waals surface area contributed by atoms with E-state index in [1.165, 1.54) is 0 Å². The Balaban J connectivity index is 1.82. The number of nitrogens with one attached hydrogen (secondary N) is 1. The van der Waals surface area contributed by atoms with E-state index in [9.17, 15) is 0 Å². The zero-order chi connectivity index (χ0) is 28.4. The van der Waals surface area contributed by atoms with E-state index in [2.05, 4.69) is 4.98 Å². The first-order valence-corrected chi connectivity index (χ1v) is 11.5. The predicted molar refractivity (Wildman–Crippen MR) is 179 cm³/mol. The normalized spacial score (nSPS) is 11.9. The number of rotatable bonds is 1. The Morgan fingerprint density at radius 1 is 0.410 bits per heavy atom. The average molecular weight is 461 g/mol. The molecular formula is C24H2B13NO. The topological polar surface area (TPSA) is 28.9 Å². The van der Waals surface area contributed by atoms with Gasteiger partial charge in [0.2, 0.25) is 0 Å². The van der Waals surface area contributed by atoms with Gasteiger partial charge >= 0.3 is 0 Å². The van der Waals surface area contributed by atoms with Gasteiger partial charge in [-0.1, -0.05) is 55.2 Å². The van der Waals surface area contributed by atoms with Crippen molar-refractivity contribution < 1.29 is 4.42 Å². The van der Waals surface area contributed by atoms with Crippen molar-refractivity contribution in [3.8, 4) is 11.1 Å². The summed E-state index contributed by atoms with van der Waals surface area (Å²) >= 11 is 0. The predicted octanol–water partition coefficient (Wildman–Crippen LogP) is -8.79. The maximum absolute atomic E-state index is 6.76. The smallest absolute Gasteiger partial charge is 0.127 e. The van der Waals surface area contributed by atoms with Crippen LogP contribution in [0, 0.1) is 0 Å². The van der Waals surface area contributed by atoms with Gasteiger partial charge in [0.25, 0.3) is 0 Å². The number of aromatic nitrogens is 1. The van der Waals surface area contributed by atoms with Crippen molar-refractivity contribution in [1.82, 2.24) is 4.98 Å². The molecule has 0 bridgehead atoms. The fourth-order valence-corrected chi connectivity index (χ4v) is 5.36. The van der Waals surface area contributed by atoms with Crippen LogP contribution in [0.4, 0.5) is 0 Å². The molecule has 15 heteroatoms. The van der Waals surface area contributed by atoms with Crippen molar-refractivity contribution in [3.63, 3.8) is 0 Å². The summed E-state index contributed by atoms with van der Waals surface area (Å²) < 4.78 is 5.96. The summed E-state index contributed by atoms with van der Waals surface area (Å²) in [6.45, 7) is 0. The van der Waals surface area contributed by atoms with Gasteiger partial charge in [-0.2, -0.15) is 0 Å². The summed E-state index contributed by atoms with van der Waals surface area (Å²) in [5.74, 6) is 0. The maximum Gasteiger partial charge on any atom is 0.127 e. The molecule has 0 amide bonds. The number of H-pyrrole nitrogens is 1. The number of aromatic amines is 1. The molecule has 1 N–H and O–H groups in total. The minimum Gasteiger partial charge on any atom is -0.457 e. The minimum absolute atomic E-state index is 0.0826. The molecule has 0 saturated carbocycles. The molecule has 2 heterocycles. The monoisotopic (exact) mass is 463 g/mol. The highest BCUT2D eigenvalue weighted by Crippen LogP contribution is 2.28. The van der Waals surface area contributed by atoms with E-state index >= 15 is 0 Å². The molecule has 4 aromatic carbocycles. The lowest BCUT2D eigenvalue weighted by atomic mass is 9.63. The molecule has 6 rings (SSSR count). The molecule has 0 saturated heterocycles. The van der Waals surface area contributed by atoms with Crippen molar-refractivity contribution in [3.05, 3.63) is 6.07 Å². The van der Waals surface area contributed by atoms with E-state index in [-0.39, 0.29) is 82.2 Å². The second-order valence-corrected chi connectivity index (χ2v) is 9.49. The second kappa shape index (κ2) is 8.66. The van der Waals surface area contributed by atoms with Gasteiger partial charge in [0.15, 0.2) is 0 Å². The largest absolute Gasteiger partial charge is 0.457 e. The Labute approximate surface area is 242 Å². The molecule has 0 unspecified atom stereocenters. The molecule has 148 valence electrons. The molecule has 0 fully saturated rings. The van der Waals surface area contributed by atoms with Crippen LogP contribution in [0.25, 0.3) is 54.9 Å². The lowest BCUT2D eigenvalue weighted by Gasteiger charge is -2.21.